The second-order valence-electron chi connectivity index (χ2n) is 4.27. The highest BCUT2D eigenvalue weighted by molar-refractivity contribution is 5.78. The molecule has 1 amide bonds. The Morgan fingerprint density at radius 1 is 1.71 bits per heavy atom. The molecule has 0 aromatic heterocycles. The van der Waals surface area contributed by atoms with Gasteiger partial charge in [0, 0.05) is 13.6 Å². The van der Waals surface area contributed by atoms with Gasteiger partial charge in [0.25, 0.3) is 0 Å². The van der Waals surface area contributed by atoms with Crippen molar-refractivity contribution in [2.45, 2.75) is 18.8 Å². The number of amides is 1. The van der Waals surface area contributed by atoms with Crippen LogP contribution in [-0.2, 0) is 9.53 Å². The molecule has 0 aliphatic carbocycles. The number of carbonyl (C=O) groups is 1. The molecular formula is C10H16N2O2. The van der Waals surface area contributed by atoms with Gasteiger partial charge in [-0.05, 0) is 6.92 Å². The first kappa shape index (κ1) is 9.68. The molecule has 14 heavy (non-hydrogen) atoms. The van der Waals surface area contributed by atoms with Crippen molar-refractivity contribution in [3.8, 4) is 0 Å². The molecule has 0 aromatic carbocycles. The van der Waals surface area contributed by atoms with Gasteiger partial charge >= 0.3 is 0 Å². The third-order valence-electron chi connectivity index (χ3n) is 2.96. The first-order valence-corrected chi connectivity index (χ1v) is 4.83. The third-order valence-corrected chi connectivity index (χ3v) is 2.96. The molecule has 2 heterocycles. The molecule has 2 saturated heterocycles. The van der Waals surface area contributed by atoms with Crippen LogP contribution >= 0.6 is 0 Å². The van der Waals surface area contributed by atoms with E-state index in [4.69, 9.17) is 4.74 Å². The molecule has 0 aromatic rings. The van der Waals surface area contributed by atoms with Gasteiger partial charge in [0.1, 0.15) is 6.23 Å². The summed E-state index contributed by atoms with van der Waals surface area (Å²) in [5.41, 5.74) is -0.296. The summed E-state index contributed by atoms with van der Waals surface area (Å²) < 4.78 is 5.83. The van der Waals surface area contributed by atoms with E-state index in [0.29, 0.717) is 13.1 Å². The predicted octanol–water partition coefficient (Wildman–Crippen LogP) is 0.0614. The fraction of sp³-hybridized carbons (Fsp3) is 0.700. The Morgan fingerprint density at radius 2 is 2.43 bits per heavy atom. The van der Waals surface area contributed by atoms with E-state index in [-0.39, 0.29) is 17.7 Å². The van der Waals surface area contributed by atoms with Crippen LogP contribution in [0, 0.1) is 0 Å². The maximum atomic E-state index is 11.4. The van der Waals surface area contributed by atoms with Crippen molar-refractivity contribution in [2.75, 3.05) is 26.7 Å². The topological polar surface area (TPSA) is 32.8 Å². The minimum absolute atomic E-state index is 0.0423. The lowest BCUT2D eigenvalue weighted by Crippen LogP contribution is -2.52. The Bertz CT molecular complexity index is 279. The smallest absolute Gasteiger partial charge is 0.236 e. The fourth-order valence-electron chi connectivity index (χ4n) is 1.98. The van der Waals surface area contributed by atoms with Crippen LogP contribution in [0.25, 0.3) is 0 Å². The summed E-state index contributed by atoms with van der Waals surface area (Å²) in [6.07, 6.45) is 1.86. The normalized spacial score (nSPS) is 38.6. The molecule has 0 radical (unpaired) electrons. The highest BCUT2D eigenvalue weighted by atomic mass is 16.5. The number of likely N-dealkylation sites (N-methyl/N-ethyl adjacent to an activating group) is 1. The van der Waals surface area contributed by atoms with E-state index in [1.807, 2.05) is 20.0 Å². The van der Waals surface area contributed by atoms with Gasteiger partial charge in [0.15, 0.2) is 0 Å². The summed E-state index contributed by atoms with van der Waals surface area (Å²) in [6, 6.07) is 0. The molecule has 4 heteroatoms. The van der Waals surface area contributed by atoms with Crippen LogP contribution in [0.15, 0.2) is 12.7 Å². The van der Waals surface area contributed by atoms with Crippen LogP contribution in [-0.4, -0.2) is 54.2 Å². The van der Waals surface area contributed by atoms with Gasteiger partial charge < -0.3 is 9.64 Å². The number of carbonyl (C=O) groups excluding carboxylic acids is 1. The molecule has 0 N–H and O–H groups in total. The number of hydrogen-bond donors (Lipinski definition) is 0. The van der Waals surface area contributed by atoms with E-state index >= 15 is 0 Å². The minimum Gasteiger partial charge on any atom is -0.350 e. The van der Waals surface area contributed by atoms with Gasteiger partial charge in [-0.25, -0.2) is 0 Å². The van der Waals surface area contributed by atoms with Gasteiger partial charge in [-0.15, -0.1) is 6.58 Å². The number of piperazine rings is 1. The quantitative estimate of drug-likeness (QED) is 0.556. The van der Waals surface area contributed by atoms with Crippen LogP contribution in [0.1, 0.15) is 6.92 Å². The SMILES string of the molecule is C=CC1(C)CN2CC(=O)N(C)CC2O1. The Hall–Kier alpha value is -0.870. The van der Waals surface area contributed by atoms with E-state index < -0.39 is 0 Å². The van der Waals surface area contributed by atoms with Gasteiger partial charge in [-0.1, -0.05) is 6.08 Å². The molecule has 2 aliphatic rings. The summed E-state index contributed by atoms with van der Waals surface area (Å²) in [6.45, 7) is 7.65. The second-order valence-corrected chi connectivity index (χ2v) is 4.27. The maximum Gasteiger partial charge on any atom is 0.236 e. The van der Waals surface area contributed by atoms with E-state index in [1.54, 1.807) is 4.90 Å². The van der Waals surface area contributed by atoms with Crippen LogP contribution in [0.4, 0.5) is 0 Å². The van der Waals surface area contributed by atoms with Crippen LogP contribution in [0.5, 0.6) is 0 Å². The van der Waals surface area contributed by atoms with Crippen molar-refractivity contribution in [1.82, 2.24) is 9.80 Å². The summed E-state index contributed by atoms with van der Waals surface area (Å²) in [7, 11) is 1.81. The minimum atomic E-state index is -0.296. The first-order chi connectivity index (χ1) is 6.54. The molecule has 2 unspecified atom stereocenters. The zero-order valence-corrected chi connectivity index (χ0v) is 8.69. The lowest BCUT2D eigenvalue weighted by Gasteiger charge is -2.33. The Kier molecular flexibility index (Phi) is 2.12. The lowest BCUT2D eigenvalue weighted by molar-refractivity contribution is -0.143. The molecule has 4 nitrogen and oxygen atoms in total. The summed E-state index contributed by atoms with van der Waals surface area (Å²) in [5.74, 6) is 0.165. The fourth-order valence-corrected chi connectivity index (χ4v) is 1.98. The Balaban J connectivity index is 2.12. The molecule has 2 atom stereocenters. The van der Waals surface area contributed by atoms with Crippen LogP contribution < -0.4 is 0 Å². The van der Waals surface area contributed by atoms with E-state index in [1.165, 1.54) is 0 Å². The highest BCUT2D eigenvalue weighted by Gasteiger charge is 2.43. The van der Waals surface area contributed by atoms with Crippen molar-refractivity contribution in [3.05, 3.63) is 12.7 Å². The monoisotopic (exact) mass is 196 g/mol. The molecule has 2 fully saturated rings. The molecule has 2 aliphatic heterocycles. The zero-order valence-electron chi connectivity index (χ0n) is 8.69. The first-order valence-electron chi connectivity index (χ1n) is 4.83. The Morgan fingerprint density at radius 3 is 3.07 bits per heavy atom. The van der Waals surface area contributed by atoms with E-state index in [9.17, 15) is 4.79 Å². The number of nitrogens with zero attached hydrogens (tertiary/aromatic N) is 2. The number of ether oxygens (including phenoxy) is 1. The largest absolute Gasteiger partial charge is 0.350 e. The number of fused-ring (bicyclic) bond motifs is 1. The molecule has 78 valence electrons. The maximum absolute atomic E-state index is 11.4. The lowest BCUT2D eigenvalue weighted by atomic mass is 10.1. The average molecular weight is 196 g/mol. The molecule has 2 rings (SSSR count). The molecular weight excluding hydrogens is 180 g/mol. The summed E-state index contributed by atoms with van der Waals surface area (Å²) in [5, 5.41) is 0. The van der Waals surface area contributed by atoms with Crippen molar-refractivity contribution < 1.29 is 9.53 Å². The van der Waals surface area contributed by atoms with Crippen molar-refractivity contribution in [1.29, 1.82) is 0 Å². The van der Waals surface area contributed by atoms with Gasteiger partial charge in [0.05, 0.1) is 18.7 Å². The van der Waals surface area contributed by atoms with Crippen LogP contribution in [0.3, 0.4) is 0 Å². The summed E-state index contributed by atoms with van der Waals surface area (Å²) in [4.78, 5) is 15.2. The van der Waals surface area contributed by atoms with Gasteiger partial charge in [-0.2, -0.15) is 0 Å². The van der Waals surface area contributed by atoms with E-state index in [2.05, 4.69) is 11.5 Å². The van der Waals surface area contributed by atoms with Crippen LogP contribution in [0.2, 0.25) is 0 Å². The van der Waals surface area contributed by atoms with Crippen molar-refractivity contribution >= 4 is 5.91 Å². The molecule has 0 bridgehead atoms. The van der Waals surface area contributed by atoms with Gasteiger partial charge in [-0.3, -0.25) is 9.69 Å². The predicted molar refractivity (Wildman–Crippen MR) is 52.7 cm³/mol. The van der Waals surface area contributed by atoms with E-state index in [0.717, 1.165) is 6.54 Å². The number of rotatable bonds is 1. The summed E-state index contributed by atoms with van der Waals surface area (Å²) >= 11 is 0. The third kappa shape index (κ3) is 1.44. The number of hydrogen-bond acceptors (Lipinski definition) is 3. The molecule has 0 saturated carbocycles. The Labute approximate surface area is 84.1 Å². The molecule has 0 spiro atoms. The second kappa shape index (κ2) is 3.07. The standard InChI is InChI=1S/C10H16N2O2/c1-4-10(2)7-12-5-8(13)11(3)6-9(12)14-10/h4,9H,1,5-7H2,2-3H3. The van der Waals surface area contributed by atoms with Crippen molar-refractivity contribution in [3.63, 3.8) is 0 Å². The zero-order chi connectivity index (χ0) is 10.3. The highest BCUT2D eigenvalue weighted by Crippen LogP contribution is 2.28. The van der Waals surface area contributed by atoms with Crippen molar-refractivity contribution in [2.24, 2.45) is 0 Å². The average Bonchev–Trinajstić information content (AvgIpc) is 2.43. The van der Waals surface area contributed by atoms with Gasteiger partial charge in [0.2, 0.25) is 5.91 Å².